The van der Waals surface area contributed by atoms with E-state index < -0.39 is 5.91 Å². The van der Waals surface area contributed by atoms with Crippen molar-refractivity contribution in [3.63, 3.8) is 0 Å². The molecular weight excluding hydrogens is 447 g/mol. The van der Waals surface area contributed by atoms with Crippen LogP contribution in [0.1, 0.15) is 26.5 Å². The van der Waals surface area contributed by atoms with E-state index in [2.05, 4.69) is 10.6 Å². The van der Waals surface area contributed by atoms with E-state index in [4.69, 9.17) is 27.6 Å². The highest BCUT2D eigenvalue weighted by atomic mass is 35.5. The number of carbonyl (C=O) groups excluding carboxylic acids is 2. The van der Waals surface area contributed by atoms with E-state index in [-0.39, 0.29) is 11.7 Å². The Hall–Kier alpha value is -3.54. The highest BCUT2D eigenvalue weighted by Gasteiger charge is 2.14. The Morgan fingerprint density at radius 2 is 1.56 bits per heavy atom. The molecule has 32 heavy (non-hydrogen) atoms. The van der Waals surface area contributed by atoms with Gasteiger partial charge in [-0.3, -0.25) is 9.59 Å². The van der Waals surface area contributed by atoms with Crippen molar-refractivity contribution in [1.82, 2.24) is 0 Å². The van der Waals surface area contributed by atoms with Crippen LogP contribution in [0.25, 0.3) is 11.3 Å². The summed E-state index contributed by atoms with van der Waals surface area (Å²) < 4.78 is 5.68. The van der Waals surface area contributed by atoms with E-state index >= 15 is 0 Å². The van der Waals surface area contributed by atoms with Gasteiger partial charge in [-0.05, 0) is 73.2 Å². The number of nitrogens with one attached hydrogen (secondary N) is 2. The van der Waals surface area contributed by atoms with E-state index in [1.54, 1.807) is 60.7 Å². The topological polar surface area (TPSA) is 71.3 Å². The first kappa shape index (κ1) is 21.7. The van der Waals surface area contributed by atoms with E-state index in [1.165, 1.54) is 0 Å². The average Bonchev–Trinajstić information content (AvgIpc) is 3.28. The number of anilines is 2. The zero-order chi connectivity index (χ0) is 22.7. The van der Waals surface area contributed by atoms with Gasteiger partial charge in [-0.1, -0.05) is 41.4 Å². The van der Waals surface area contributed by atoms with Crippen LogP contribution in [-0.4, -0.2) is 11.8 Å². The second-order valence-corrected chi connectivity index (χ2v) is 7.91. The molecule has 0 aliphatic heterocycles. The Morgan fingerprint density at radius 1 is 0.781 bits per heavy atom. The number of halogens is 2. The molecule has 1 heterocycles. The van der Waals surface area contributed by atoms with Crippen LogP contribution in [0.3, 0.4) is 0 Å². The molecule has 0 saturated carbocycles. The van der Waals surface area contributed by atoms with E-state index in [9.17, 15) is 9.59 Å². The van der Waals surface area contributed by atoms with Crippen molar-refractivity contribution >= 4 is 46.4 Å². The van der Waals surface area contributed by atoms with Crippen molar-refractivity contribution in [1.29, 1.82) is 0 Å². The molecule has 5 nitrogen and oxygen atoms in total. The molecular formula is C25H18Cl2N2O3. The van der Waals surface area contributed by atoms with Gasteiger partial charge in [0, 0.05) is 22.5 Å². The number of rotatable bonds is 5. The Morgan fingerprint density at radius 3 is 2.28 bits per heavy atom. The molecule has 0 saturated heterocycles. The maximum Gasteiger partial charge on any atom is 0.291 e. The standard InChI is InChI=1S/C25H18Cl2N2O3/c1-15-13-18(8-10-21(15)29-24(30)16-5-3-2-4-6-16)28-25(31)23-12-11-22(32-23)17-7-9-19(26)20(27)14-17/h2-14H,1H3,(H,28,31)(H,29,30). The number of carbonyl (C=O) groups is 2. The van der Waals surface area contributed by atoms with Gasteiger partial charge in [0.1, 0.15) is 5.76 Å². The van der Waals surface area contributed by atoms with Gasteiger partial charge in [0.05, 0.1) is 10.0 Å². The van der Waals surface area contributed by atoms with Crippen molar-refractivity contribution in [3.8, 4) is 11.3 Å². The van der Waals surface area contributed by atoms with Crippen LogP contribution in [0, 0.1) is 6.92 Å². The van der Waals surface area contributed by atoms with Gasteiger partial charge in [-0.25, -0.2) is 0 Å². The summed E-state index contributed by atoms with van der Waals surface area (Å²) >= 11 is 12.0. The van der Waals surface area contributed by atoms with Gasteiger partial charge >= 0.3 is 0 Å². The summed E-state index contributed by atoms with van der Waals surface area (Å²) in [6, 6.07) is 22.6. The molecule has 0 aliphatic carbocycles. The van der Waals surface area contributed by atoms with Gasteiger partial charge < -0.3 is 15.1 Å². The van der Waals surface area contributed by atoms with Crippen LogP contribution < -0.4 is 10.6 Å². The number of hydrogen-bond acceptors (Lipinski definition) is 3. The summed E-state index contributed by atoms with van der Waals surface area (Å²) in [6.45, 7) is 1.85. The predicted molar refractivity (Wildman–Crippen MR) is 128 cm³/mol. The molecule has 1 aromatic heterocycles. The fourth-order valence-electron chi connectivity index (χ4n) is 3.12. The zero-order valence-corrected chi connectivity index (χ0v) is 18.5. The minimum atomic E-state index is -0.392. The molecule has 0 aliphatic rings. The minimum absolute atomic E-state index is 0.158. The van der Waals surface area contributed by atoms with E-state index in [0.717, 1.165) is 5.56 Å². The first-order chi connectivity index (χ1) is 15.4. The van der Waals surface area contributed by atoms with Crippen molar-refractivity contribution in [2.24, 2.45) is 0 Å². The Balaban J connectivity index is 1.45. The van der Waals surface area contributed by atoms with Crippen LogP contribution in [-0.2, 0) is 0 Å². The summed E-state index contributed by atoms with van der Waals surface area (Å²) in [5.41, 5.74) is 3.34. The molecule has 4 aromatic rings. The molecule has 4 rings (SSSR count). The first-order valence-corrected chi connectivity index (χ1v) is 10.5. The molecule has 3 aromatic carbocycles. The summed E-state index contributed by atoms with van der Waals surface area (Å²) in [5.74, 6) is 0.0711. The average molecular weight is 465 g/mol. The lowest BCUT2D eigenvalue weighted by Gasteiger charge is -2.11. The smallest absolute Gasteiger partial charge is 0.291 e. The molecule has 0 atom stereocenters. The third-order valence-electron chi connectivity index (χ3n) is 4.80. The molecule has 0 radical (unpaired) electrons. The highest BCUT2D eigenvalue weighted by Crippen LogP contribution is 2.30. The van der Waals surface area contributed by atoms with Crippen molar-refractivity contribution in [2.75, 3.05) is 10.6 Å². The van der Waals surface area contributed by atoms with Gasteiger partial charge in [-0.15, -0.1) is 0 Å². The molecule has 0 unspecified atom stereocenters. The summed E-state index contributed by atoms with van der Waals surface area (Å²) in [7, 11) is 0. The van der Waals surface area contributed by atoms with Crippen LogP contribution >= 0.6 is 23.2 Å². The molecule has 160 valence electrons. The van der Waals surface area contributed by atoms with Gasteiger partial charge in [0.15, 0.2) is 5.76 Å². The fraction of sp³-hybridized carbons (Fsp3) is 0.0400. The number of furan rings is 1. The van der Waals surface area contributed by atoms with Crippen molar-refractivity contribution in [2.45, 2.75) is 6.92 Å². The Bertz CT molecular complexity index is 1300. The highest BCUT2D eigenvalue weighted by molar-refractivity contribution is 6.42. The molecule has 7 heteroatoms. The van der Waals surface area contributed by atoms with E-state index in [1.807, 2.05) is 25.1 Å². The molecule has 0 fully saturated rings. The number of amides is 2. The maximum atomic E-state index is 12.6. The Labute approximate surface area is 195 Å². The number of benzene rings is 3. The monoisotopic (exact) mass is 464 g/mol. The molecule has 2 amide bonds. The van der Waals surface area contributed by atoms with Gasteiger partial charge in [0.25, 0.3) is 11.8 Å². The summed E-state index contributed by atoms with van der Waals surface area (Å²) in [5, 5.41) is 6.53. The first-order valence-electron chi connectivity index (χ1n) is 9.74. The summed E-state index contributed by atoms with van der Waals surface area (Å²) in [6.07, 6.45) is 0. The molecule has 2 N–H and O–H groups in total. The second-order valence-electron chi connectivity index (χ2n) is 7.10. The van der Waals surface area contributed by atoms with Crippen molar-refractivity contribution in [3.05, 3.63) is 106 Å². The number of aryl methyl sites for hydroxylation is 1. The van der Waals surface area contributed by atoms with Gasteiger partial charge in [-0.2, -0.15) is 0 Å². The lowest BCUT2D eigenvalue weighted by molar-refractivity contribution is 0.0995. The fourth-order valence-corrected chi connectivity index (χ4v) is 3.42. The second kappa shape index (κ2) is 9.30. The predicted octanol–water partition coefficient (Wildman–Crippen LogP) is 7.07. The van der Waals surface area contributed by atoms with E-state index in [0.29, 0.717) is 38.3 Å². The number of hydrogen-bond donors (Lipinski definition) is 2. The molecule has 0 spiro atoms. The van der Waals surface area contributed by atoms with Gasteiger partial charge in [0.2, 0.25) is 0 Å². The lowest BCUT2D eigenvalue weighted by atomic mass is 10.1. The lowest BCUT2D eigenvalue weighted by Crippen LogP contribution is -2.14. The zero-order valence-electron chi connectivity index (χ0n) is 17.0. The van der Waals surface area contributed by atoms with Crippen LogP contribution in [0.15, 0.2) is 83.3 Å². The third-order valence-corrected chi connectivity index (χ3v) is 5.54. The van der Waals surface area contributed by atoms with Crippen LogP contribution in [0.2, 0.25) is 10.0 Å². The molecule has 0 bridgehead atoms. The van der Waals surface area contributed by atoms with Crippen molar-refractivity contribution < 1.29 is 14.0 Å². The third kappa shape index (κ3) is 4.85. The normalized spacial score (nSPS) is 10.6. The summed E-state index contributed by atoms with van der Waals surface area (Å²) in [4.78, 5) is 25.0. The Kier molecular flexibility index (Phi) is 6.30. The minimum Gasteiger partial charge on any atom is -0.451 e. The van der Waals surface area contributed by atoms with Crippen LogP contribution in [0.4, 0.5) is 11.4 Å². The SMILES string of the molecule is Cc1cc(NC(=O)c2ccc(-c3ccc(Cl)c(Cl)c3)o2)ccc1NC(=O)c1ccccc1. The van der Waals surface area contributed by atoms with Crippen LogP contribution in [0.5, 0.6) is 0 Å². The maximum absolute atomic E-state index is 12.6. The quantitative estimate of drug-likeness (QED) is 0.331. The largest absolute Gasteiger partial charge is 0.451 e.